The molecule has 4 aliphatic rings. The molecule has 0 radical (unpaired) electrons. The molecule has 0 bridgehead atoms. The average molecular weight is 916 g/mol. The summed E-state index contributed by atoms with van der Waals surface area (Å²) in [7, 11) is -2.50. The van der Waals surface area contributed by atoms with Crippen LogP contribution in [-0.4, -0.2) is 107 Å². The van der Waals surface area contributed by atoms with Crippen LogP contribution in [0.3, 0.4) is 0 Å². The van der Waals surface area contributed by atoms with Crippen LogP contribution < -0.4 is 25.9 Å². The van der Waals surface area contributed by atoms with E-state index in [0.29, 0.717) is 86.8 Å². The standard InChI is InChI=1S/C43H53F4N9O7S/c1-25-20-29(4-5-31(25)50-40-48-22-30(43(45,46)47)37(52-40)27-10-14-42(2,60)15-11-27)64(61,62)49-21-28-24-54(18-19-63-28)23-26-12-16-55(17-13-26)32-6-7-33-38(36(32)44)53(3)41(59)56(33)34-8-9-35(57)51-39(34)58/h4-7,20,22,26-28,34,49,60H,8-19,21,23-24H2,1-3H3,(H,48,50,52)(H,51,57,58). The molecule has 346 valence electrons. The lowest BCUT2D eigenvalue weighted by atomic mass is 9.78. The molecule has 2 atom stereocenters. The van der Waals surface area contributed by atoms with Gasteiger partial charge in [0.1, 0.15) is 11.6 Å². The number of anilines is 3. The van der Waals surface area contributed by atoms with Crippen molar-refractivity contribution in [2.45, 2.75) is 100.0 Å². The second kappa shape index (κ2) is 17.8. The summed E-state index contributed by atoms with van der Waals surface area (Å²) in [4.78, 5) is 49.9. The highest BCUT2D eigenvalue weighted by molar-refractivity contribution is 7.89. The number of rotatable bonds is 11. The van der Waals surface area contributed by atoms with E-state index in [1.807, 2.05) is 4.90 Å². The molecule has 4 N–H and O–H groups in total. The fraction of sp³-hybridized carbons (Fsp3) is 0.558. The molecule has 4 aromatic rings. The van der Waals surface area contributed by atoms with Crippen LogP contribution >= 0.6 is 0 Å². The van der Waals surface area contributed by atoms with Crippen LogP contribution in [0, 0.1) is 18.7 Å². The summed E-state index contributed by atoms with van der Waals surface area (Å²) in [6.07, 6.45) is -1.11. The van der Waals surface area contributed by atoms with Gasteiger partial charge in [0.2, 0.25) is 27.8 Å². The molecular weight excluding hydrogens is 863 g/mol. The van der Waals surface area contributed by atoms with Gasteiger partial charge in [-0.1, -0.05) is 0 Å². The number of fused-ring (bicyclic) bond motifs is 1. The number of aliphatic hydroxyl groups is 1. The van der Waals surface area contributed by atoms with Crippen molar-refractivity contribution < 1.29 is 45.4 Å². The zero-order valence-corrected chi connectivity index (χ0v) is 36.7. The molecular formula is C43H53F4N9O7S. The topological polar surface area (TPSA) is 193 Å². The van der Waals surface area contributed by atoms with Crippen LogP contribution in [0.25, 0.3) is 11.0 Å². The van der Waals surface area contributed by atoms with Gasteiger partial charge < -0.3 is 20.1 Å². The lowest BCUT2D eigenvalue weighted by Gasteiger charge is -2.39. The number of imidazole rings is 1. The first-order valence-corrected chi connectivity index (χ1v) is 23.1. The molecule has 21 heteroatoms. The normalized spacial score (nSPS) is 24.3. The zero-order valence-electron chi connectivity index (χ0n) is 35.9. The number of amides is 2. The smallest absolute Gasteiger partial charge is 0.390 e. The molecule has 3 aliphatic heterocycles. The van der Waals surface area contributed by atoms with Gasteiger partial charge in [-0.05, 0) is 101 Å². The van der Waals surface area contributed by atoms with E-state index in [-0.39, 0.29) is 41.4 Å². The fourth-order valence-corrected chi connectivity index (χ4v) is 10.7. The minimum atomic E-state index is -4.65. The second-order valence-electron chi connectivity index (χ2n) is 17.8. The second-order valence-corrected chi connectivity index (χ2v) is 19.6. The number of halogens is 4. The van der Waals surface area contributed by atoms with Crippen molar-refractivity contribution in [3.05, 3.63) is 69.7 Å². The molecule has 8 rings (SSSR count). The van der Waals surface area contributed by atoms with Gasteiger partial charge >= 0.3 is 11.9 Å². The highest BCUT2D eigenvalue weighted by Crippen LogP contribution is 2.42. The lowest BCUT2D eigenvalue weighted by molar-refractivity contribution is -0.139. The third-order valence-corrected chi connectivity index (χ3v) is 14.6. The maximum Gasteiger partial charge on any atom is 0.419 e. The Kier molecular flexibility index (Phi) is 12.7. The van der Waals surface area contributed by atoms with Crippen molar-refractivity contribution in [3.63, 3.8) is 0 Å². The number of nitrogens with zero attached hydrogens (tertiary/aromatic N) is 6. The minimum Gasteiger partial charge on any atom is -0.390 e. The lowest BCUT2D eigenvalue weighted by Crippen LogP contribution is -2.49. The molecule has 64 heavy (non-hydrogen) atoms. The zero-order chi connectivity index (χ0) is 45.7. The van der Waals surface area contributed by atoms with Gasteiger partial charge in [-0.15, -0.1) is 0 Å². The Hall–Kier alpha value is -4.96. The number of carbonyl (C=O) groups is 2. The summed E-state index contributed by atoms with van der Waals surface area (Å²) in [5.41, 5.74) is -0.821. The van der Waals surface area contributed by atoms with Crippen LogP contribution in [-0.2, 0) is 37.6 Å². The van der Waals surface area contributed by atoms with Crippen molar-refractivity contribution >= 4 is 50.2 Å². The maximum atomic E-state index is 16.2. The summed E-state index contributed by atoms with van der Waals surface area (Å²) in [6, 6.07) is 6.76. The third-order valence-electron chi connectivity index (χ3n) is 13.2. The Balaban J connectivity index is 0.844. The predicted molar refractivity (Wildman–Crippen MR) is 228 cm³/mol. The molecule has 2 unspecified atom stereocenters. The number of sulfonamides is 1. The Labute approximate surface area is 367 Å². The van der Waals surface area contributed by atoms with Crippen LogP contribution in [0.2, 0.25) is 0 Å². The monoisotopic (exact) mass is 915 g/mol. The number of imide groups is 1. The highest BCUT2D eigenvalue weighted by atomic mass is 32.2. The summed E-state index contributed by atoms with van der Waals surface area (Å²) >= 11 is 0. The van der Waals surface area contributed by atoms with E-state index < -0.39 is 68.7 Å². The number of morpholine rings is 1. The summed E-state index contributed by atoms with van der Waals surface area (Å²) in [5.74, 6) is -1.79. The van der Waals surface area contributed by atoms with E-state index in [1.54, 1.807) is 26.0 Å². The first-order valence-electron chi connectivity index (χ1n) is 21.6. The molecule has 2 amide bonds. The van der Waals surface area contributed by atoms with E-state index in [9.17, 15) is 41.1 Å². The third kappa shape index (κ3) is 9.54. The molecule has 4 fully saturated rings. The number of hydrogen-bond acceptors (Lipinski definition) is 12. The molecule has 16 nitrogen and oxygen atoms in total. The van der Waals surface area contributed by atoms with Gasteiger partial charge in [0.25, 0.3) is 0 Å². The van der Waals surface area contributed by atoms with E-state index >= 15 is 4.39 Å². The van der Waals surface area contributed by atoms with Gasteiger partial charge in [0.15, 0.2) is 5.82 Å². The van der Waals surface area contributed by atoms with Gasteiger partial charge in [-0.25, -0.2) is 32.3 Å². The SMILES string of the molecule is Cc1cc(S(=O)(=O)NCC2CN(CC3CCN(c4ccc5c(c4F)n(C)c(=O)n5C4CCC(=O)NC4=O)CC3)CCO2)ccc1Nc1ncc(C(F)(F)F)c(C2CCC(C)(O)CC2)n1. The minimum absolute atomic E-state index is 0.00273. The Morgan fingerprint density at radius 2 is 1.77 bits per heavy atom. The molecule has 1 aliphatic carbocycles. The number of aromatic nitrogens is 4. The summed E-state index contributed by atoms with van der Waals surface area (Å²) < 4.78 is 96.0. The fourth-order valence-electron chi connectivity index (χ4n) is 9.53. The number of alkyl halides is 3. The quantitative estimate of drug-likeness (QED) is 0.121. The van der Waals surface area contributed by atoms with Gasteiger partial charge in [-0.2, -0.15) is 13.2 Å². The molecule has 1 saturated carbocycles. The Morgan fingerprint density at radius 1 is 1.03 bits per heavy atom. The van der Waals surface area contributed by atoms with Gasteiger partial charge in [-0.3, -0.25) is 28.9 Å². The molecule has 2 aromatic heterocycles. The number of benzene rings is 2. The average Bonchev–Trinajstić information content (AvgIpc) is 3.50. The number of nitrogens with one attached hydrogen (secondary N) is 3. The molecule has 5 heterocycles. The number of aryl methyl sites for hydroxylation is 2. The Morgan fingerprint density at radius 3 is 2.45 bits per heavy atom. The Bertz CT molecular complexity index is 2600. The van der Waals surface area contributed by atoms with E-state index in [1.165, 1.54) is 34.4 Å². The van der Waals surface area contributed by atoms with Gasteiger partial charge in [0, 0.05) is 70.5 Å². The first kappa shape index (κ1) is 45.6. The van der Waals surface area contributed by atoms with Crippen LogP contribution in [0.1, 0.15) is 87.1 Å². The van der Waals surface area contributed by atoms with Crippen LogP contribution in [0.15, 0.2) is 46.2 Å². The van der Waals surface area contributed by atoms with Gasteiger partial charge in [0.05, 0.1) is 45.7 Å². The number of piperidine rings is 2. The predicted octanol–water partition coefficient (Wildman–Crippen LogP) is 4.62. The highest BCUT2D eigenvalue weighted by Gasteiger charge is 2.40. The molecule has 0 spiro atoms. The van der Waals surface area contributed by atoms with Crippen LogP contribution in [0.4, 0.5) is 34.9 Å². The summed E-state index contributed by atoms with van der Waals surface area (Å²) in [5, 5.41) is 15.6. The number of carbonyl (C=O) groups excluding carboxylic acids is 2. The van der Waals surface area contributed by atoms with Crippen molar-refractivity contribution in [1.82, 2.24) is 34.0 Å². The van der Waals surface area contributed by atoms with E-state index in [0.717, 1.165) is 25.6 Å². The van der Waals surface area contributed by atoms with Crippen molar-refractivity contribution in [2.24, 2.45) is 13.0 Å². The van der Waals surface area contributed by atoms with E-state index in [4.69, 9.17) is 4.74 Å². The summed E-state index contributed by atoms with van der Waals surface area (Å²) in [6.45, 7) is 6.90. The van der Waals surface area contributed by atoms with Crippen molar-refractivity contribution in [2.75, 3.05) is 56.1 Å². The van der Waals surface area contributed by atoms with Crippen molar-refractivity contribution in [3.8, 4) is 0 Å². The number of ether oxygens (including phenoxy) is 1. The first-order chi connectivity index (χ1) is 30.3. The van der Waals surface area contributed by atoms with Crippen LogP contribution in [0.5, 0.6) is 0 Å². The van der Waals surface area contributed by atoms with Crippen molar-refractivity contribution in [1.29, 1.82) is 0 Å². The maximum absolute atomic E-state index is 16.2. The molecule has 3 saturated heterocycles. The molecule has 2 aromatic carbocycles. The largest absolute Gasteiger partial charge is 0.419 e. The van der Waals surface area contributed by atoms with E-state index in [2.05, 4.69) is 30.2 Å². The number of hydrogen-bond donors (Lipinski definition) is 4.